The Bertz CT molecular complexity index is 2910. The van der Waals surface area contributed by atoms with Gasteiger partial charge in [0, 0.05) is 86.5 Å². The molecular formula is C44H36N2S2. The average Bonchev–Trinajstić information content (AvgIpc) is 3.83. The van der Waals surface area contributed by atoms with E-state index in [1.54, 1.807) is 0 Å². The van der Waals surface area contributed by atoms with E-state index < -0.39 is 0 Å². The Morgan fingerprint density at radius 2 is 1.23 bits per heavy atom. The zero-order chi connectivity index (χ0) is 32.1. The molecule has 4 heteroatoms. The van der Waals surface area contributed by atoms with Crippen molar-refractivity contribution in [3.8, 4) is 0 Å². The molecule has 0 aliphatic rings. The Hall–Kier alpha value is -4.64. The highest BCUT2D eigenvalue weighted by Gasteiger charge is 2.20. The fourth-order valence-corrected chi connectivity index (χ4v) is 11.0. The predicted octanol–water partition coefficient (Wildman–Crippen LogP) is 13.1. The Kier molecular flexibility index (Phi) is 6.32. The van der Waals surface area contributed by atoms with Crippen LogP contribution in [0.3, 0.4) is 0 Å². The van der Waals surface area contributed by atoms with Crippen LogP contribution >= 0.6 is 22.7 Å². The Labute approximate surface area is 287 Å². The first-order valence-corrected chi connectivity index (χ1v) is 19.0. The molecule has 0 bridgehead atoms. The van der Waals surface area contributed by atoms with E-state index in [1.807, 2.05) is 22.7 Å². The third-order valence-electron chi connectivity index (χ3n) is 10.6. The second-order valence-electron chi connectivity index (χ2n) is 13.5. The van der Waals surface area contributed by atoms with E-state index in [-0.39, 0.29) is 0 Å². The van der Waals surface area contributed by atoms with E-state index in [0.29, 0.717) is 0 Å². The number of fused-ring (bicyclic) bond motifs is 12. The summed E-state index contributed by atoms with van der Waals surface area (Å²) >= 11 is 3.94. The fraction of sp³-hybridized carbons (Fsp3) is 0.182. The number of hydrogen-bond donors (Lipinski definition) is 0. The van der Waals surface area contributed by atoms with Gasteiger partial charge in [-0.3, -0.25) is 0 Å². The molecule has 234 valence electrons. The van der Waals surface area contributed by atoms with Crippen LogP contribution in [-0.4, -0.2) is 9.13 Å². The van der Waals surface area contributed by atoms with Gasteiger partial charge in [-0.2, -0.15) is 0 Å². The van der Waals surface area contributed by atoms with Crippen LogP contribution in [0.5, 0.6) is 0 Å². The topological polar surface area (TPSA) is 9.86 Å². The molecule has 10 aromatic rings. The quantitative estimate of drug-likeness (QED) is 0.169. The summed E-state index contributed by atoms with van der Waals surface area (Å²) in [4.78, 5) is 0. The number of benzene rings is 6. The molecule has 0 radical (unpaired) electrons. The molecule has 48 heavy (non-hydrogen) atoms. The molecule has 0 amide bonds. The minimum atomic E-state index is 0.840. The molecule has 4 aromatic heterocycles. The molecule has 10 rings (SSSR count). The van der Waals surface area contributed by atoms with Gasteiger partial charge in [0.2, 0.25) is 0 Å². The summed E-state index contributed by atoms with van der Waals surface area (Å²) < 4.78 is 10.6. The van der Waals surface area contributed by atoms with Crippen molar-refractivity contribution < 1.29 is 0 Å². The minimum absolute atomic E-state index is 0.840. The Morgan fingerprint density at radius 1 is 0.521 bits per heavy atom. The Morgan fingerprint density at radius 3 is 2.06 bits per heavy atom. The third-order valence-corrected chi connectivity index (χ3v) is 13.1. The van der Waals surface area contributed by atoms with Gasteiger partial charge in [0.1, 0.15) is 0 Å². The Balaban J connectivity index is 1.18. The van der Waals surface area contributed by atoms with Crippen molar-refractivity contribution in [2.75, 3.05) is 0 Å². The summed E-state index contributed by atoms with van der Waals surface area (Å²) in [6.07, 6.45) is 4.52. The highest BCUT2D eigenvalue weighted by molar-refractivity contribution is 7.26. The molecule has 0 atom stereocenters. The number of thiophene rings is 2. The number of aromatic nitrogens is 2. The lowest BCUT2D eigenvalue weighted by molar-refractivity contribution is 0.871. The molecular weight excluding hydrogens is 621 g/mol. The van der Waals surface area contributed by atoms with Crippen molar-refractivity contribution in [3.05, 3.63) is 120 Å². The van der Waals surface area contributed by atoms with Crippen LogP contribution in [0, 0.1) is 0 Å². The molecule has 0 fully saturated rings. The van der Waals surface area contributed by atoms with Crippen molar-refractivity contribution >= 4 is 107 Å². The summed E-state index contributed by atoms with van der Waals surface area (Å²) in [5.41, 5.74) is 9.67. The van der Waals surface area contributed by atoms with E-state index in [0.717, 1.165) is 25.8 Å². The highest BCUT2D eigenvalue weighted by atomic mass is 32.1. The molecule has 0 saturated heterocycles. The number of aryl methyl sites for hydroxylation is 3. The van der Waals surface area contributed by atoms with Gasteiger partial charge < -0.3 is 9.13 Å². The number of rotatable bonds is 6. The number of hydrogen-bond acceptors (Lipinski definition) is 2. The minimum Gasteiger partial charge on any atom is -0.343 e. The molecule has 0 saturated carbocycles. The van der Waals surface area contributed by atoms with Crippen molar-refractivity contribution in [3.63, 3.8) is 0 Å². The molecule has 0 unspecified atom stereocenters. The SMILES string of the molecule is CCCc1cccc2c1sc1cc3c(cc12)c1ccccc1n3Cc1ccc2sc3c(CCC)c4c(cc3c2c1)c1ccccc1n4C. The highest BCUT2D eigenvalue weighted by Crippen LogP contribution is 2.44. The van der Waals surface area contributed by atoms with Crippen LogP contribution in [0.2, 0.25) is 0 Å². The molecule has 0 spiro atoms. The van der Waals surface area contributed by atoms with Crippen molar-refractivity contribution in [1.82, 2.24) is 9.13 Å². The average molecular weight is 657 g/mol. The zero-order valence-electron chi connectivity index (χ0n) is 27.6. The first-order chi connectivity index (χ1) is 23.6. The fourth-order valence-electron chi connectivity index (χ4n) is 8.51. The van der Waals surface area contributed by atoms with Crippen LogP contribution in [0.25, 0.3) is 84.0 Å². The van der Waals surface area contributed by atoms with Crippen LogP contribution < -0.4 is 0 Å². The third kappa shape index (κ3) is 3.96. The summed E-state index contributed by atoms with van der Waals surface area (Å²) in [6, 6.07) is 39.4. The predicted molar refractivity (Wildman–Crippen MR) is 213 cm³/mol. The van der Waals surface area contributed by atoms with E-state index in [2.05, 4.69) is 133 Å². The maximum atomic E-state index is 2.56. The smallest absolute Gasteiger partial charge is 0.0535 e. The summed E-state index contributed by atoms with van der Waals surface area (Å²) in [5, 5.41) is 11.0. The standard InChI is InChI=1S/C44H36N2S2/c1-4-11-27-13-10-16-30-34-22-32-28-14-7-9-18-38(28)46(39(32)24-41(34)48-43(27)30)25-26-19-20-40-33(21-26)36-23-35-29-15-6-8-17-37(29)45(3)42(35)31(12-5-2)44(36)47-40/h6-10,13-24H,4-5,11-12,25H2,1-3H3. The second kappa shape index (κ2) is 10.7. The number of para-hydroxylation sites is 2. The van der Waals surface area contributed by atoms with Gasteiger partial charge >= 0.3 is 0 Å². The number of nitrogens with zero attached hydrogens (tertiary/aromatic N) is 2. The second-order valence-corrected chi connectivity index (χ2v) is 15.6. The van der Waals surface area contributed by atoms with Crippen LogP contribution in [0.15, 0.2) is 103 Å². The summed E-state index contributed by atoms with van der Waals surface area (Å²) in [5.74, 6) is 0. The van der Waals surface area contributed by atoms with Gasteiger partial charge in [0.05, 0.1) is 11.0 Å². The van der Waals surface area contributed by atoms with Gasteiger partial charge in [-0.1, -0.05) is 87.4 Å². The molecule has 0 N–H and O–H groups in total. The zero-order valence-corrected chi connectivity index (χ0v) is 29.2. The van der Waals surface area contributed by atoms with Crippen LogP contribution in [-0.2, 0) is 26.4 Å². The van der Waals surface area contributed by atoms with Gasteiger partial charge in [-0.25, -0.2) is 0 Å². The van der Waals surface area contributed by atoms with Gasteiger partial charge in [0.25, 0.3) is 0 Å². The van der Waals surface area contributed by atoms with Crippen molar-refractivity contribution in [2.24, 2.45) is 7.05 Å². The van der Waals surface area contributed by atoms with E-state index in [9.17, 15) is 0 Å². The van der Waals surface area contributed by atoms with Crippen LogP contribution in [0.4, 0.5) is 0 Å². The first-order valence-electron chi connectivity index (χ1n) is 17.3. The van der Waals surface area contributed by atoms with Gasteiger partial charge in [-0.05, 0) is 72.0 Å². The normalized spacial score (nSPS) is 12.5. The summed E-state index contributed by atoms with van der Waals surface area (Å²) in [7, 11) is 2.24. The maximum absolute atomic E-state index is 2.56. The van der Waals surface area contributed by atoms with E-state index in [1.165, 1.54) is 107 Å². The van der Waals surface area contributed by atoms with Crippen molar-refractivity contribution in [1.29, 1.82) is 0 Å². The van der Waals surface area contributed by atoms with Gasteiger partial charge in [-0.15, -0.1) is 22.7 Å². The first kappa shape index (κ1) is 28.4. The van der Waals surface area contributed by atoms with Crippen LogP contribution in [0.1, 0.15) is 43.4 Å². The lowest BCUT2D eigenvalue weighted by Crippen LogP contribution is -1.99. The molecule has 0 aliphatic carbocycles. The molecule has 6 aromatic carbocycles. The van der Waals surface area contributed by atoms with E-state index >= 15 is 0 Å². The van der Waals surface area contributed by atoms with E-state index in [4.69, 9.17) is 0 Å². The largest absolute Gasteiger partial charge is 0.343 e. The lowest BCUT2D eigenvalue weighted by Gasteiger charge is -2.09. The monoisotopic (exact) mass is 656 g/mol. The molecule has 0 aliphatic heterocycles. The molecule has 4 heterocycles. The van der Waals surface area contributed by atoms with Crippen molar-refractivity contribution in [2.45, 2.75) is 46.1 Å². The van der Waals surface area contributed by atoms with Gasteiger partial charge in [0.15, 0.2) is 0 Å². The lowest BCUT2D eigenvalue weighted by atomic mass is 10.0. The maximum Gasteiger partial charge on any atom is 0.0535 e. The summed E-state index contributed by atoms with van der Waals surface area (Å²) in [6.45, 7) is 5.42. The molecule has 2 nitrogen and oxygen atoms in total.